The van der Waals surface area contributed by atoms with Crippen molar-refractivity contribution < 1.29 is 0 Å². The highest BCUT2D eigenvalue weighted by Gasteiger charge is 2.15. The number of nitrogens with zero attached hydrogens (tertiary/aromatic N) is 4. The van der Waals surface area contributed by atoms with Crippen LogP contribution in [0.5, 0.6) is 0 Å². The van der Waals surface area contributed by atoms with Crippen LogP contribution in [-0.4, -0.2) is 45.8 Å². The summed E-state index contributed by atoms with van der Waals surface area (Å²) in [6.07, 6.45) is 8.59. The van der Waals surface area contributed by atoms with Gasteiger partial charge in [0.15, 0.2) is 0 Å². The zero-order valence-corrected chi connectivity index (χ0v) is 17.3. The van der Waals surface area contributed by atoms with Crippen LogP contribution in [0.1, 0.15) is 30.9 Å². The molecule has 1 fully saturated rings. The van der Waals surface area contributed by atoms with Gasteiger partial charge < -0.3 is 10.2 Å². The topological polar surface area (TPSA) is 46.0 Å². The van der Waals surface area contributed by atoms with Crippen LogP contribution in [0.3, 0.4) is 0 Å². The highest BCUT2D eigenvalue weighted by Crippen LogP contribution is 2.22. The Morgan fingerprint density at radius 1 is 1.07 bits per heavy atom. The SMILES string of the molecule is CC(CNCc1cn(Cc2ccccc2)nc1-c1cccnc1)CN1CCCC1. The molecule has 5 heteroatoms. The predicted octanol–water partition coefficient (Wildman–Crippen LogP) is 3.81. The van der Waals surface area contributed by atoms with Gasteiger partial charge in [-0.15, -0.1) is 0 Å². The molecule has 1 aliphatic rings. The van der Waals surface area contributed by atoms with Crippen molar-refractivity contribution in [2.75, 3.05) is 26.2 Å². The average Bonchev–Trinajstić information content (AvgIpc) is 3.39. The fraction of sp³-hybridized carbons (Fsp3) is 0.417. The van der Waals surface area contributed by atoms with Crippen molar-refractivity contribution in [1.29, 1.82) is 0 Å². The van der Waals surface area contributed by atoms with Gasteiger partial charge in [0.2, 0.25) is 0 Å². The second kappa shape index (κ2) is 9.81. The maximum Gasteiger partial charge on any atom is 0.0983 e. The lowest BCUT2D eigenvalue weighted by Gasteiger charge is -2.20. The van der Waals surface area contributed by atoms with Gasteiger partial charge in [-0.3, -0.25) is 9.67 Å². The smallest absolute Gasteiger partial charge is 0.0983 e. The van der Waals surface area contributed by atoms with Gasteiger partial charge >= 0.3 is 0 Å². The molecule has 0 radical (unpaired) electrons. The summed E-state index contributed by atoms with van der Waals surface area (Å²) < 4.78 is 2.04. The Labute approximate surface area is 173 Å². The third-order valence-corrected chi connectivity index (χ3v) is 5.54. The molecule has 0 spiro atoms. The summed E-state index contributed by atoms with van der Waals surface area (Å²) in [6.45, 7) is 8.68. The van der Waals surface area contributed by atoms with Crippen molar-refractivity contribution in [3.05, 3.63) is 72.2 Å². The Hall–Kier alpha value is -2.50. The Morgan fingerprint density at radius 2 is 1.90 bits per heavy atom. The summed E-state index contributed by atoms with van der Waals surface area (Å²) in [7, 11) is 0. The zero-order valence-electron chi connectivity index (χ0n) is 17.3. The van der Waals surface area contributed by atoms with E-state index >= 15 is 0 Å². The molecule has 152 valence electrons. The van der Waals surface area contributed by atoms with Gasteiger partial charge in [-0.1, -0.05) is 37.3 Å². The molecule has 1 N–H and O–H groups in total. The summed E-state index contributed by atoms with van der Waals surface area (Å²) in [6, 6.07) is 14.5. The molecule has 1 atom stereocenters. The quantitative estimate of drug-likeness (QED) is 0.604. The molecule has 0 bridgehead atoms. The molecule has 1 aliphatic heterocycles. The van der Waals surface area contributed by atoms with Crippen molar-refractivity contribution in [1.82, 2.24) is 25.0 Å². The molecule has 1 aromatic carbocycles. The lowest BCUT2D eigenvalue weighted by Crippen LogP contribution is -2.31. The first-order valence-electron chi connectivity index (χ1n) is 10.7. The van der Waals surface area contributed by atoms with E-state index in [1.54, 1.807) is 0 Å². The molecule has 0 aliphatic carbocycles. The molecular weight excluding hydrogens is 358 g/mol. The molecule has 29 heavy (non-hydrogen) atoms. The minimum atomic E-state index is 0.648. The molecule has 0 amide bonds. The molecule has 2 aromatic heterocycles. The van der Waals surface area contributed by atoms with Gasteiger partial charge in [0.05, 0.1) is 12.2 Å². The first-order chi connectivity index (χ1) is 14.3. The summed E-state index contributed by atoms with van der Waals surface area (Å²) >= 11 is 0. The number of likely N-dealkylation sites (tertiary alicyclic amines) is 1. The van der Waals surface area contributed by atoms with Crippen molar-refractivity contribution in [3.63, 3.8) is 0 Å². The monoisotopic (exact) mass is 389 g/mol. The molecule has 1 unspecified atom stereocenters. The van der Waals surface area contributed by atoms with Crippen LogP contribution in [0.25, 0.3) is 11.3 Å². The third kappa shape index (κ3) is 5.52. The molecular formula is C24H31N5. The van der Waals surface area contributed by atoms with Crippen LogP contribution >= 0.6 is 0 Å². The Morgan fingerprint density at radius 3 is 2.66 bits per heavy atom. The minimum absolute atomic E-state index is 0.648. The van der Waals surface area contributed by atoms with Crippen LogP contribution in [0.15, 0.2) is 61.1 Å². The van der Waals surface area contributed by atoms with Crippen LogP contribution in [0, 0.1) is 5.92 Å². The van der Waals surface area contributed by atoms with E-state index in [9.17, 15) is 0 Å². The number of pyridine rings is 1. The maximum atomic E-state index is 4.89. The Bertz CT molecular complexity index is 869. The summed E-state index contributed by atoms with van der Waals surface area (Å²) in [5, 5.41) is 8.55. The minimum Gasteiger partial charge on any atom is -0.312 e. The maximum absolute atomic E-state index is 4.89. The fourth-order valence-electron chi connectivity index (χ4n) is 4.11. The van der Waals surface area contributed by atoms with E-state index < -0.39 is 0 Å². The number of hydrogen-bond donors (Lipinski definition) is 1. The van der Waals surface area contributed by atoms with Crippen LogP contribution in [0.4, 0.5) is 0 Å². The molecule has 3 aromatic rings. The number of benzene rings is 1. The molecule has 5 nitrogen and oxygen atoms in total. The van der Waals surface area contributed by atoms with E-state index in [1.165, 1.54) is 43.6 Å². The molecule has 1 saturated heterocycles. The highest BCUT2D eigenvalue weighted by molar-refractivity contribution is 5.61. The summed E-state index contributed by atoms with van der Waals surface area (Å²) in [5.74, 6) is 0.648. The van der Waals surface area contributed by atoms with E-state index in [-0.39, 0.29) is 0 Å². The number of hydrogen-bond acceptors (Lipinski definition) is 4. The van der Waals surface area contributed by atoms with Crippen molar-refractivity contribution in [3.8, 4) is 11.3 Å². The van der Waals surface area contributed by atoms with E-state index in [0.29, 0.717) is 5.92 Å². The third-order valence-electron chi connectivity index (χ3n) is 5.54. The second-order valence-electron chi connectivity index (χ2n) is 8.17. The van der Waals surface area contributed by atoms with Gasteiger partial charge in [0.1, 0.15) is 0 Å². The first kappa shape index (κ1) is 19.8. The van der Waals surface area contributed by atoms with Crippen molar-refractivity contribution >= 4 is 0 Å². The Kier molecular flexibility index (Phi) is 6.70. The largest absolute Gasteiger partial charge is 0.312 e. The van der Waals surface area contributed by atoms with E-state index in [2.05, 4.69) is 58.7 Å². The number of rotatable bonds is 9. The van der Waals surface area contributed by atoms with Crippen LogP contribution in [0.2, 0.25) is 0 Å². The van der Waals surface area contributed by atoms with Gasteiger partial charge in [-0.2, -0.15) is 5.10 Å². The first-order valence-corrected chi connectivity index (χ1v) is 10.7. The van der Waals surface area contributed by atoms with Gasteiger partial charge in [0.25, 0.3) is 0 Å². The van der Waals surface area contributed by atoms with E-state index in [1.807, 2.05) is 29.2 Å². The van der Waals surface area contributed by atoms with Crippen molar-refractivity contribution in [2.45, 2.75) is 32.9 Å². The number of nitrogens with one attached hydrogen (secondary N) is 1. The lowest BCUT2D eigenvalue weighted by molar-refractivity contribution is 0.282. The highest BCUT2D eigenvalue weighted by atomic mass is 15.3. The number of aromatic nitrogens is 3. The van der Waals surface area contributed by atoms with E-state index in [4.69, 9.17) is 5.10 Å². The van der Waals surface area contributed by atoms with Crippen LogP contribution in [-0.2, 0) is 13.1 Å². The summed E-state index contributed by atoms with van der Waals surface area (Å²) in [4.78, 5) is 6.87. The van der Waals surface area contributed by atoms with Gasteiger partial charge in [-0.25, -0.2) is 0 Å². The lowest BCUT2D eigenvalue weighted by atomic mass is 10.1. The van der Waals surface area contributed by atoms with Gasteiger partial charge in [-0.05, 0) is 56.1 Å². The van der Waals surface area contributed by atoms with Crippen molar-refractivity contribution in [2.24, 2.45) is 5.92 Å². The summed E-state index contributed by atoms with van der Waals surface area (Å²) in [5.41, 5.74) is 4.57. The van der Waals surface area contributed by atoms with Gasteiger partial charge in [0, 0.05) is 42.8 Å². The average molecular weight is 390 g/mol. The zero-order chi connectivity index (χ0) is 19.9. The predicted molar refractivity (Wildman–Crippen MR) is 118 cm³/mol. The molecule has 4 rings (SSSR count). The molecule has 0 saturated carbocycles. The second-order valence-corrected chi connectivity index (χ2v) is 8.17. The normalized spacial score (nSPS) is 15.6. The fourth-order valence-corrected chi connectivity index (χ4v) is 4.11. The van der Waals surface area contributed by atoms with Crippen LogP contribution < -0.4 is 5.32 Å². The molecule has 3 heterocycles. The standard InChI is InChI=1S/C24H31N5/c1-20(17-28-12-5-6-13-28)14-26-16-23-19-29(18-21-8-3-2-4-9-21)27-24(23)22-10-7-11-25-15-22/h2-4,7-11,15,19-20,26H,5-6,12-14,16-18H2,1H3. The van der Waals surface area contributed by atoms with E-state index in [0.717, 1.165) is 30.9 Å². The Balaban J connectivity index is 1.42.